The molecular weight excluding hydrogens is 242 g/mol. The molecule has 1 aliphatic rings. The van der Waals surface area contributed by atoms with E-state index in [0.29, 0.717) is 18.3 Å². The van der Waals surface area contributed by atoms with E-state index >= 15 is 0 Å². The van der Waals surface area contributed by atoms with Crippen LogP contribution in [0.1, 0.15) is 44.4 Å². The molecule has 0 bridgehead atoms. The second-order valence-electron chi connectivity index (χ2n) is 4.88. The topological polar surface area (TPSA) is 62.4 Å². The molecule has 96 valence electrons. The second kappa shape index (κ2) is 4.82. The van der Waals surface area contributed by atoms with Gasteiger partial charge in [-0.1, -0.05) is 5.10 Å². The SMILES string of the molecule is CC(Cl)c1nnc(N2CCCC(C)(O)CC2)o1. The standard InChI is InChI=1S/C11H18ClN3O2/c1-8(12)9-13-14-10(17-9)15-6-3-4-11(2,16)5-7-15/h8,16H,3-7H2,1-2H3. The van der Waals surface area contributed by atoms with Crippen molar-refractivity contribution >= 4 is 17.6 Å². The first-order valence-electron chi connectivity index (χ1n) is 5.93. The summed E-state index contributed by atoms with van der Waals surface area (Å²) in [5, 5.41) is 17.6. The fourth-order valence-corrected chi connectivity index (χ4v) is 2.06. The van der Waals surface area contributed by atoms with E-state index in [1.165, 1.54) is 0 Å². The number of hydrogen-bond acceptors (Lipinski definition) is 5. The minimum atomic E-state index is -0.586. The summed E-state index contributed by atoms with van der Waals surface area (Å²) >= 11 is 5.88. The minimum absolute atomic E-state index is 0.272. The highest BCUT2D eigenvalue weighted by Gasteiger charge is 2.27. The number of alkyl halides is 1. The zero-order valence-corrected chi connectivity index (χ0v) is 10.9. The molecule has 1 N–H and O–H groups in total. The Morgan fingerprint density at radius 3 is 2.82 bits per heavy atom. The molecule has 2 rings (SSSR count). The van der Waals surface area contributed by atoms with E-state index in [4.69, 9.17) is 16.0 Å². The zero-order chi connectivity index (χ0) is 12.5. The summed E-state index contributed by atoms with van der Waals surface area (Å²) in [6.45, 7) is 5.22. The van der Waals surface area contributed by atoms with Crippen LogP contribution in [0, 0.1) is 0 Å². The fourth-order valence-electron chi connectivity index (χ4n) is 1.97. The van der Waals surface area contributed by atoms with Gasteiger partial charge in [-0.2, -0.15) is 0 Å². The van der Waals surface area contributed by atoms with Gasteiger partial charge in [0.2, 0.25) is 5.89 Å². The van der Waals surface area contributed by atoms with Gasteiger partial charge in [0, 0.05) is 13.1 Å². The van der Waals surface area contributed by atoms with Crippen LogP contribution in [-0.4, -0.2) is 34.0 Å². The third-order valence-corrected chi connectivity index (χ3v) is 3.29. The van der Waals surface area contributed by atoms with Gasteiger partial charge in [-0.3, -0.25) is 0 Å². The van der Waals surface area contributed by atoms with Crippen LogP contribution in [0.25, 0.3) is 0 Å². The first kappa shape index (κ1) is 12.6. The Morgan fingerprint density at radius 2 is 2.18 bits per heavy atom. The molecule has 0 spiro atoms. The average Bonchev–Trinajstić information content (AvgIpc) is 2.65. The lowest BCUT2D eigenvalue weighted by Crippen LogP contribution is -2.28. The molecule has 1 aromatic heterocycles. The predicted molar refractivity (Wildman–Crippen MR) is 65.3 cm³/mol. The van der Waals surface area contributed by atoms with E-state index in [9.17, 15) is 5.11 Å². The summed E-state index contributed by atoms with van der Waals surface area (Å²) in [6, 6.07) is 0.505. The lowest BCUT2D eigenvalue weighted by atomic mass is 9.98. The third-order valence-electron chi connectivity index (χ3n) is 3.10. The van der Waals surface area contributed by atoms with Crippen LogP contribution in [0.4, 0.5) is 6.01 Å². The number of aliphatic hydroxyl groups is 1. The molecule has 0 radical (unpaired) electrons. The monoisotopic (exact) mass is 259 g/mol. The van der Waals surface area contributed by atoms with Gasteiger partial charge in [0.15, 0.2) is 0 Å². The Balaban J connectivity index is 2.06. The first-order valence-corrected chi connectivity index (χ1v) is 6.36. The molecule has 2 atom stereocenters. The van der Waals surface area contributed by atoms with Crippen LogP contribution in [-0.2, 0) is 0 Å². The number of rotatable bonds is 2. The highest BCUT2D eigenvalue weighted by atomic mass is 35.5. The molecule has 5 nitrogen and oxygen atoms in total. The Labute approximate surface area is 106 Å². The number of anilines is 1. The minimum Gasteiger partial charge on any atom is -0.406 e. The van der Waals surface area contributed by atoms with Crippen molar-refractivity contribution in [2.75, 3.05) is 18.0 Å². The Bertz CT molecular complexity index is 379. The summed E-state index contributed by atoms with van der Waals surface area (Å²) in [5.41, 5.74) is -0.586. The highest BCUT2D eigenvalue weighted by molar-refractivity contribution is 6.20. The van der Waals surface area contributed by atoms with E-state index in [1.807, 2.05) is 11.8 Å². The molecule has 1 aromatic rings. The summed E-state index contributed by atoms with van der Waals surface area (Å²) < 4.78 is 5.50. The maximum atomic E-state index is 10.00. The molecular formula is C11H18ClN3O2. The van der Waals surface area contributed by atoms with Crippen molar-refractivity contribution in [1.82, 2.24) is 10.2 Å². The molecule has 0 amide bonds. The normalized spacial score (nSPS) is 27.9. The van der Waals surface area contributed by atoms with E-state index in [2.05, 4.69) is 10.2 Å². The summed E-state index contributed by atoms with van der Waals surface area (Å²) in [4.78, 5) is 2.01. The molecule has 2 unspecified atom stereocenters. The van der Waals surface area contributed by atoms with E-state index in [1.54, 1.807) is 6.92 Å². The number of aromatic nitrogens is 2. The van der Waals surface area contributed by atoms with Gasteiger partial charge in [0.25, 0.3) is 0 Å². The highest BCUT2D eigenvalue weighted by Crippen LogP contribution is 2.26. The van der Waals surface area contributed by atoms with Gasteiger partial charge in [-0.15, -0.1) is 16.7 Å². The molecule has 6 heteroatoms. The van der Waals surface area contributed by atoms with Crippen molar-refractivity contribution in [3.05, 3.63) is 5.89 Å². The van der Waals surface area contributed by atoms with Crippen LogP contribution in [0.3, 0.4) is 0 Å². The molecule has 2 heterocycles. The van der Waals surface area contributed by atoms with Crippen LogP contribution in [0.5, 0.6) is 0 Å². The number of hydrogen-bond donors (Lipinski definition) is 1. The van der Waals surface area contributed by atoms with Crippen LogP contribution in [0.2, 0.25) is 0 Å². The predicted octanol–water partition coefficient (Wildman–Crippen LogP) is 2.11. The average molecular weight is 260 g/mol. The smallest absolute Gasteiger partial charge is 0.318 e. The second-order valence-corrected chi connectivity index (χ2v) is 5.53. The molecule has 1 saturated heterocycles. The quantitative estimate of drug-likeness (QED) is 0.825. The van der Waals surface area contributed by atoms with Crippen molar-refractivity contribution < 1.29 is 9.52 Å². The fraction of sp³-hybridized carbons (Fsp3) is 0.818. The van der Waals surface area contributed by atoms with Crippen molar-refractivity contribution in [2.24, 2.45) is 0 Å². The molecule has 1 fully saturated rings. The molecule has 0 aromatic carbocycles. The van der Waals surface area contributed by atoms with Crippen molar-refractivity contribution in [1.29, 1.82) is 0 Å². The van der Waals surface area contributed by atoms with Crippen molar-refractivity contribution in [3.63, 3.8) is 0 Å². The van der Waals surface area contributed by atoms with Gasteiger partial charge >= 0.3 is 6.01 Å². The zero-order valence-electron chi connectivity index (χ0n) is 10.2. The van der Waals surface area contributed by atoms with Crippen molar-refractivity contribution in [3.8, 4) is 0 Å². The van der Waals surface area contributed by atoms with Gasteiger partial charge in [0.05, 0.1) is 5.60 Å². The van der Waals surface area contributed by atoms with Gasteiger partial charge < -0.3 is 14.4 Å². The van der Waals surface area contributed by atoms with Crippen LogP contribution >= 0.6 is 11.6 Å². The Morgan fingerprint density at radius 1 is 1.41 bits per heavy atom. The molecule has 0 saturated carbocycles. The van der Waals surface area contributed by atoms with Gasteiger partial charge in [-0.25, -0.2) is 0 Å². The maximum Gasteiger partial charge on any atom is 0.318 e. The van der Waals surface area contributed by atoms with E-state index < -0.39 is 5.60 Å². The van der Waals surface area contributed by atoms with Gasteiger partial charge in [0.1, 0.15) is 5.38 Å². The first-order chi connectivity index (χ1) is 7.98. The third kappa shape index (κ3) is 3.10. The maximum absolute atomic E-state index is 10.00. The van der Waals surface area contributed by atoms with E-state index in [-0.39, 0.29) is 5.38 Å². The molecule has 0 aliphatic carbocycles. The lowest BCUT2D eigenvalue weighted by Gasteiger charge is -2.21. The largest absolute Gasteiger partial charge is 0.406 e. The van der Waals surface area contributed by atoms with E-state index in [0.717, 1.165) is 25.9 Å². The molecule has 17 heavy (non-hydrogen) atoms. The summed E-state index contributed by atoms with van der Waals surface area (Å²) in [6.07, 6.45) is 2.43. The Kier molecular flexibility index (Phi) is 3.58. The van der Waals surface area contributed by atoms with Crippen molar-refractivity contribution in [2.45, 2.75) is 44.1 Å². The van der Waals surface area contributed by atoms with Gasteiger partial charge in [-0.05, 0) is 33.1 Å². The van der Waals surface area contributed by atoms with Crippen LogP contribution in [0.15, 0.2) is 4.42 Å². The summed E-state index contributed by atoms with van der Waals surface area (Å²) in [7, 11) is 0. The summed E-state index contributed by atoms with van der Waals surface area (Å²) in [5.74, 6) is 0.442. The van der Waals surface area contributed by atoms with Crippen LogP contribution < -0.4 is 4.90 Å². The lowest BCUT2D eigenvalue weighted by molar-refractivity contribution is 0.0481. The number of nitrogens with zero attached hydrogens (tertiary/aromatic N) is 3. The number of halogens is 1. The Hall–Kier alpha value is -0.810. The molecule has 1 aliphatic heterocycles.